The molecule has 0 aromatic rings. The van der Waals surface area contributed by atoms with Gasteiger partial charge in [0.05, 0.1) is 0 Å². The Morgan fingerprint density at radius 3 is 2.13 bits per heavy atom. The van der Waals surface area contributed by atoms with Crippen LogP contribution >= 0.6 is 0 Å². The highest BCUT2D eigenvalue weighted by Crippen LogP contribution is 2.43. The SMILES string of the molecule is CC(C)(C)OC(=O)N[C@H](C(=O)N1C[C@@H]2CCC[C@@H]2[C@H]1C(=O)NCC(CC1CCC1)C(=O)C(N)=O)C(C)(C)C. The van der Waals surface area contributed by atoms with Gasteiger partial charge in [-0.05, 0) is 63.2 Å². The van der Waals surface area contributed by atoms with Gasteiger partial charge in [-0.3, -0.25) is 19.2 Å². The van der Waals surface area contributed by atoms with Gasteiger partial charge in [-0.1, -0.05) is 46.5 Å². The van der Waals surface area contributed by atoms with Gasteiger partial charge < -0.3 is 26.0 Å². The Morgan fingerprint density at radius 1 is 0.974 bits per heavy atom. The minimum Gasteiger partial charge on any atom is -0.444 e. The van der Waals surface area contributed by atoms with Crippen LogP contribution in [0.15, 0.2) is 0 Å². The zero-order valence-electron chi connectivity index (χ0n) is 23.8. The monoisotopic (exact) mass is 534 g/mol. The third kappa shape index (κ3) is 7.26. The van der Waals surface area contributed by atoms with Crippen LogP contribution in [0, 0.1) is 29.1 Å². The number of rotatable bonds is 9. The van der Waals surface area contributed by atoms with Crippen LogP contribution in [0.1, 0.15) is 86.5 Å². The second-order valence-electron chi connectivity index (χ2n) is 13.4. The van der Waals surface area contributed by atoms with Gasteiger partial charge in [0, 0.05) is 19.0 Å². The van der Waals surface area contributed by atoms with Crippen LogP contribution in [0.3, 0.4) is 0 Å². The largest absolute Gasteiger partial charge is 0.444 e. The van der Waals surface area contributed by atoms with Crippen molar-refractivity contribution in [2.45, 2.75) is 104 Å². The number of carbonyl (C=O) groups is 5. The Hall–Kier alpha value is -2.65. The average Bonchev–Trinajstić information content (AvgIpc) is 3.34. The van der Waals surface area contributed by atoms with E-state index in [-0.39, 0.29) is 30.2 Å². The van der Waals surface area contributed by atoms with E-state index in [1.54, 1.807) is 25.7 Å². The molecule has 214 valence electrons. The third-order valence-corrected chi connectivity index (χ3v) is 8.20. The lowest BCUT2D eigenvalue weighted by atomic mass is 9.78. The number of nitrogens with two attached hydrogens (primary N) is 1. The van der Waals surface area contributed by atoms with E-state index in [1.165, 1.54) is 0 Å². The smallest absolute Gasteiger partial charge is 0.408 e. The molecule has 0 radical (unpaired) electrons. The molecule has 4 N–H and O–H groups in total. The summed E-state index contributed by atoms with van der Waals surface area (Å²) in [6, 6.07) is -1.59. The molecule has 1 saturated heterocycles. The first-order valence-electron chi connectivity index (χ1n) is 14.0. The number of fused-ring (bicyclic) bond motifs is 1. The molecule has 10 nitrogen and oxygen atoms in total. The molecule has 3 fully saturated rings. The number of carbonyl (C=O) groups excluding carboxylic acids is 5. The normalized spacial score (nSPS) is 25.1. The maximum Gasteiger partial charge on any atom is 0.408 e. The standard InChI is InChI=1S/C28H46N4O6/c1-27(2,3)22(31-26(37)38-28(4,5)6)25(36)32-15-17-11-8-12-19(17)20(32)24(35)30-14-18(21(33)23(29)34)13-16-9-7-10-16/h16-20,22H,7-15H2,1-6H3,(H2,29,34)(H,30,35)(H,31,37)/t17-,18?,19-,20-,22+/m0/s1. The number of nitrogens with zero attached hydrogens (tertiary/aromatic N) is 1. The predicted molar refractivity (Wildman–Crippen MR) is 142 cm³/mol. The van der Waals surface area contributed by atoms with E-state index < -0.39 is 46.8 Å². The maximum absolute atomic E-state index is 13.9. The van der Waals surface area contributed by atoms with E-state index in [0.717, 1.165) is 38.5 Å². The summed E-state index contributed by atoms with van der Waals surface area (Å²) in [5.74, 6) is -2.39. The van der Waals surface area contributed by atoms with Gasteiger partial charge in [-0.15, -0.1) is 0 Å². The molecule has 0 spiro atoms. The lowest BCUT2D eigenvalue weighted by molar-refractivity contribution is -0.143. The van der Waals surface area contributed by atoms with Crippen LogP contribution in [-0.2, 0) is 23.9 Å². The molecular weight excluding hydrogens is 488 g/mol. The van der Waals surface area contributed by atoms with E-state index in [1.807, 2.05) is 20.8 Å². The zero-order valence-corrected chi connectivity index (χ0v) is 23.8. The number of Topliss-reactive ketones (excluding diaryl/α,β-unsaturated/α-hetero) is 1. The Kier molecular flexibility index (Phi) is 9.14. The topological polar surface area (TPSA) is 148 Å². The van der Waals surface area contributed by atoms with Crippen LogP contribution < -0.4 is 16.4 Å². The molecule has 0 aromatic carbocycles. The molecule has 2 aliphatic carbocycles. The van der Waals surface area contributed by atoms with Crippen molar-refractivity contribution in [2.24, 2.45) is 34.8 Å². The molecule has 1 heterocycles. The van der Waals surface area contributed by atoms with Crippen LogP contribution in [0.2, 0.25) is 0 Å². The Bertz CT molecular complexity index is 933. The second kappa shape index (κ2) is 11.6. The molecule has 2 saturated carbocycles. The van der Waals surface area contributed by atoms with E-state index >= 15 is 0 Å². The average molecular weight is 535 g/mol. The first-order valence-corrected chi connectivity index (χ1v) is 14.0. The van der Waals surface area contributed by atoms with Crippen LogP contribution in [0.4, 0.5) is 4.79 Å². The van der Waals surface area contributed by atoms with Gasteiger partial charge in [0.25, 0.3) is 5.91 Å². The van der Waals surface area contributed by atoms with Crippen molar-refractivity contribution in [2.75, 3.05) is 13.1 Å². The number of amides is 4. The second-order valence-corrected chi connectivity index (χ2v) is 13.4. The molecular formula is C28H46N4O6. The fourth-order valence-corrected chi connectivity index (χ4v) is 6.05. The molecule has 1 unspecified atom stereocenters. The summed E-state index contributed by atoms with van der Waals surface area (Å²) in [6.07, 6.45) is 5.70. The number of ketones is 1. The molecule has 3 rings (SSSR count). The molecule has 0 bridgehead atoms. The fraction of sp³-hybridized carbons (Fsp3) is 0.821. The molecule has 38 heavy (non-hydrogen) atoms. The number of hydrogen-bond acceptors (Lipinski definition) is 6. The molecule has 0 aromatic heterocycles. The van der Waals surface area contributed by atoms with E-state index in [0.29, 0.717) is 18.9 Å². The molecule has 10 heteroatoms. The van der Waals surface area contributed by atoms with Gasteiger partial charge >= 0.3 is 6.09 Å². The van der Waals surface area contributed by atoms with Gasteiger partial charge in [-0.25, -0.2) is 4.79 Å². The summed E-state index contributed by atoms with van der Waals surface area (Å²) in [5, 5.41) is 5.63. The van der Waals surface area contributed by atoms with Crippen LogP contribution in [0.5, 0.6) is 0 Å². The first-order chi connectivity index (χ1) is 17.6. The molecule has 4 amide bonds. The third-order valence-electron chi connectivity index (χ3n) is 8.20. The highest BCUT2D eigenvalue weighted by Gasteiger charge is 2.52. The number of alkyl carbamates (subject to hydrolysis) is 1. The van der Waals surface area contributed by atoms with Crippen molar-refractivity contribution in [3.05, 3.63) is 0 Å². The quantitative estimate of drug-likeness (QED) is 0.387. The van der Waals surface area contributed by atoms with Crippen molar-refractivity contribution < 1.29 is 28.7 Å². The van der Waals surface area contributed by atoms with Crippen molar-refractivity contribution in [3.8, 4) is 0 Å². The van der Waals surface area contributed by atoms with Crippen LogP contribution in [0.25, 0.3) is 0 Å². The summed E-state index contributed by atoms with van der Waals surface area (Å²) >= 11 is 0. The number of primary amides is 1. The fourth-order valence-electron chi connectivity index (χ4n) is 6.05. The molecule has 5 atom stereocenters. The number of likely N-dealkylation sites (tertiary alicyclic amines) is 1. The van der Waals surface area contributed by atoms with Crippen LogP contribution in [-0.4, -0.2) is 65.3 Å². The van der Waals surface area contributed by atoms with Gasteiger partial charge in [0.2, 0.25) is 17.6 Å². The first kappa shape index (κ1) is 29.9. The lowest BCUT2D eigenvalue weighted by Crippen LogP contribution is -2.59. The minimum atomic E-state index is -0.988. The summed E-state index contributed by atoms with van der Waals surface area (Å²) in [7, 11) is 0. The van der Waals surface area contributed by atoms with Crippen molar-refractivity contribution in [1.82, 2.24) is 15.5 Å². The maximum atomic E-state index is 13.9. The summed E-state index contributed by atoms with van der Waals surface area (Å²) in [6.45, 7) is 11.3. The van der Waals surface area contributed by atoms with Crippen molar-refractivity contribution in [3.63, 3.8) is 0 Å². The Labute approximate surface area is 226 Å². The number of hydrogen-bond donors (Lipinski definition) is 3. The Balaban J connectivity index is 1.77. The zero-order chi connectivity index (χ0) is 28.4. The van der Waals surface area contributed by atoms with Gasteiger partial charge in [0.15, 0.2) is 0 Å². The minimum absolute atomic E-state index is 0.0121. The number of nitrogens with one attached hydrogen (secondary N) is 2. The summed E-state index contributed by atoms with van der Waals surface area (Å²) < 4.78 is 5.41. The summed E-state index contributed by atoms with van der Waals surface area (Å²) in [5.41, 5.74) is 3.93. The lowest BCUT2D eigenvalue weighted by Gasteiger charge is -2.36. The highest BCUT2D eigenvalue weighted by atomic mass is 16.6. The predicted octanol–water partition coefficient (Wildman–Crippen LogP) is 2.53. The summed E-state index contributed by atoms with van der Waals surface area (Å²) in [4.78, 5) is 65.8. The van der Waals surface area contributed by atoms with Gasteiger partial charge in [0.1, 0.15) is 17.7 Å². The Morgan fingerprint density at radius 2 is 1.61 bits per heavy atom. The van der Waals surface area contributed by atoms with Crippen molar-refractivity contribution in [1.29, 1.82) is 0 Å². The molecule has 3 aliphatic rings. The van der Waals surface area contributed by atoms with Crippen molar-refractivity contribution >= 4 is 29.6 Å². The van der Waals surface area contributed by atoms with Gasteiger partial charge in [-0.2, -0.15) is 0 Å². The van der Waals surface area contributed by atoms with E-state index in [9.17, 15) is 24.0 Å². The molecule has 1 aliphatic heterocycles. The van der Waals surface area contributed by atoms with E-state index in [2.05, 4.69) is 10.6 Å². The van der Waals surface area contributed by atoms with E-state index in [4.69, 9.17) is 10.5 Å². The number of ether oxygens (including phenoxy) is 1. The highest BCUT2D eigenvalue weighted by molar-refractivity contribution is 6.36.